The molecule has 0 amide bonds. The SMILES string of the molecule is CCCC(CCC)N1CCCCCC1C(=O)O. The first-order valence-corrected chi connectivity index (χ1v) is 7.19. The van der Waals surface area contributed by atoms with Crippen molar-refractivity contribution in [2.75, 3.05) is 6.54 Å². The van der Waals surface area contributed by atoms with E-state index in [-0.39, 0.29) is 6.04 Å². The Balaban J connectivity index is 2.73. The average Bonchev–Trinajstić information content (AvgIpc) is 2.54. The molecule has 1 unspecified atom stereocenters. The normalized spacial score (nSPS) is 22.6. The second kappa shape index (κ2) is 7.70. The monoisotopic (exact) mass is 241 g/mol. The van der Waals surface area contributed by atoms with E-state index < -0.39 is 5.97 Å². The van der Waals surface area contributed by atoms with Gasteiger partial charge in [0.05, 0.1) is 0 Å². The Morgan fingerprint density at radius 1 is 1.24 bits per heavy atom. The highest BCUT2D eigenvalue weighted by molar-refractivity contribution is 5.73. The summed E-state index contributed by atoms with van der Waals surface area (Å²) in [6.07, 6.45) is 8.81. The van der Waals surface area contributed by atoms with Crippen LogP contribution in [0.15, 0.2) is 0 Å². The average molecular weight is 241 g/mol. The lowest BCUT2D eigenvalue weighted by atomic mass is 10.0. The van der Waals surface area contributed by atoms with Crippen LogP contribution in [-0.2, 0) is 4.79 Å². The van der Waals surface area contributed by atoms with E-state index in [0.717, 1.165) is 51.5 Å². The van der Waals surface area contributed by atoms with Gasteiger partial charge in [-0.3, -0.25) is 9.69 Å². The number of carbonyl (C=O) groups is 1. The van der Waals surface area contributed by atoms with Gasteiger partial charge in [0, 0.05) is 6.04 Å². The van der Waals surface area contributed by atoms with Gasteiger partial charge in [0.25, 0.3) is 0 Å². The second-order valence-corrected chi connectivity index (χ2v) is 5.17. The van der Waals surface area contributed by atoms with Gasteiger partial charge in [-0.15, -0.1) is 0 Å². The van der Waals surface area contributed by atoms with Crippen molar-refractivity contribution in [3.63, 3.8) is 0 Å². The Hall–Kier alpha value is -0.570. The van der Waals surface area contributed by atoms with Crippen molar-refractivity contribution >= 4 is 5.97 Å². The number of carboxylic acids is 1. The zero-order valence-electron chi connectivity index (χ0n) is 11.3. The maximum Gasteiger partial charge on any atom is 0.320 e. The van der Waals surface area contributed by atoms with Crippen molar-refractivity contribution in [2.45, 2.75) is 77.3 Å². The van der Waals surface area contributed by atoms with Gasteiger partial charge in [-0.05, 0) is 32.2 Å². The Morgan fingerprint density at radius 3 is 2.41 bits per heavy atom. The molecular weight excluding hydrogens is 214 g/mol. The number of likely N-dealkylation sites (tertiary alicyclic amines) is 1. The highest BCUT2D eigenvalue weighted by Crippen LogP contribution is 2.23. The molecule has 0 aromatic rings. The lowest BCUT2D eigenvalue weighted by molar-refractivity contribution is -0.144. The van der Waals surface area contributed by atoms with E-state index in [0.29, 0.717) is 6.04 Å². The van der Waals surface area contributed by atoms with Gasteiger partial charge < -0.3 is 5.11 Å². The molecule has 0 aromatic carbocycles. The minimum Gasteiger partial charge on any atom is -0.480 e. The van der Waals surface area contributed by atoms with E-state index in [4.69, 9.17) is 0 Å². The zero-order chi connectivity index (χ0) is 12.7. The Bertz CT molecular complexity index is 224. The predicted molar refractivity (Wildman–Crippen MR) is 70.2 cm³/mol. The molecule has 1 rings (SSSR count). The van der Waals surface area contributed by atoms with E-state index in [9.17, 15) is 9.90 Å². The molecule has 0 bridgehead atoms. The molecule has 0 spiro atoms. The fraction of sp³-hybridized carbons (Fsp3) is 0.929. The van der Waals surface area contributed by atoms with Crippen LogP contribution >= 0.6 is 0 Å². The first kappa shape index (κ1) is 14.5. The standard InChI is InChI=1S/C14H27NO2/c1-3-8-12(9-4-2)15-11-7-5-6-10-13(15)14(16)17/h12-13H,3-11H2,1-2H3,(H,16,17). The van der Waals surface area contributed by atoms with Gasteiger partial charge in [-0.25, -0.2) is 0 Å². The minimum atomic E-state index is -0.621. The Kier molecular flexibility index (Phi) is 6.56. The van der Waals surface area contributed by atoms with Crippen molar-refractivity contribution < 1.29 is 9.90 Å². The lowest BCUT2D eigenvalue weighted by Gasteiger charge is -2.34. The van der Waals surface area contributed by atoms with E-state index in [2.05, 4.69) is 18.7 Å². The van der Waals surface area contributed by atoms with Crippen molar-refractivity contribution in [3.8, 4) is 0 Å². The number of rotatable bonds is 6. The van der Waals surface area contributed by atoms with Crippen molar-refractivity contribution in [1.29, 1.82) is 0 Å². The Labute approximate surface area is 105 Å². The summed E-state index contributed by atoms with van der Waals surface area (Å²) in [5.74, 6) is -0.621. The highest BCUT2D eigenvalue weighted by atomic mass is 16.4. The molecule has 1 N–H and O–H groups in total. The van der Waals surface area contributed by atoms with Gasteiger partial charge in [0.2, 0.25) is 0 Å². The number of hydrogen-bond donors (Lipinski definition) is 1. The van der Waals surface area contributed by atoms with Crippen LogP contribution in [0, 0.1) is 0 Å². The van der Waals surface area contributed by atoms with Crippen molar-refractivity contribution in [1.82, 2.24) is 4.90 Å². The van der Waals surface area contributed by atoms with E-state index >= 15 is 0 Å². The van der Waals surface area contributed by atoms with Crippen LogP contribution in [0.25, 0.3) is 0 Å². The number of hydrogen-bond acceptors (Lipinski definition) is 2. The van der Waals surface area contributed by atoms with Crippen LogP contribution in [0.2, 0.25) is 0 Å². The third kappa shape index (κ3) is 4.30. The Morgan fingerprint density at radius 2 is 1.88 bits per heavy atom. The molecule has 17 heavy (non-hydrogen) atoms. The molecular formula is C14H27NO2. The fourth-order valence-electron chi connectivity index (χ4n) is 2.98. The largest absolute Gasteiger partial charge is 0.480 e. The summed E-state index contributed by atoms with van der Waals surface area (Å²) in [7, 11) is 0. The summed E-state index contributed by atoms with van der Waals surface area (Å²) in [5.41, 5.74) is 0. The third-order valence-electron chi connectivity index (χ3n) is 3.79. The first-order valence-electron chi connectivity index (χ1n) is 7.19. The maximum atomic E-state index is 11.4. The van der Waals surface area contributed by atoms with Gasteiger partial charge in [-0.2, -0.15) is 0 Å². The molecule has 1 aliphatic rings. The highest BCUT2D eigenvalue weighted by Gasteiger charge is 2.31. The summed E-state index contributed by atoms with van der Waals surface area (Å²) >= 11 is 0. The van der Waals surface area contributed by atoms with Gasteiger partial charge in [0.15, 0.2) is 0 Å². The van der Waals surface area contributed by atoms with Crippen molar-refractivity contribution in [2.24, 2.45) is 0 Å². The van der Waals surface area contributed by atoms with Gasteiger partial charge >= 0.3 is 5.97 Å². The molecule has 0 saturated carbocycles. The van der Waals surface area contributed by atoms with Crippen LogP contribution in [0.4, 0.5) is 0 Å². The molecule has 100 valence electrons. The summed E-state index contributed by atoms with van der Waals surface area (Å²) in [4.78, 5) is 13.7. The summed E-state index contributed by atoms with van der Waals surface area (Å²) in [6.45, 7) is 5.36. The topological polar surface area (TPSA) is 40.5 Å². The quantitative estimate of drug-likeness (QED) is 0.775. The first-order chi connectivity index (χ1) is 8.20. The summed E-state index contributed by atoms with van der Waals surface area (Å²) in [6, 6.07) is 0.241. The molecule has 0 aromatic heterocycles. The number of carboxylic acid groups (broad SMARTS) is 1. The van der Waals surface area contributed by atoms with E-state index in [1.54, 1.807) is 0 Å². The molecule has 3 nitrogen and oxygen atoms in total. The van der Waals surface area contributed by atoms with Crippen LogP contribution in [-0.4, -0.2) is 34.6 Å². The van der Waals surface area contributed by atoms with Crippen LogP contribution in [0.3, 0.4) is 0 Å². The van der Waals surface area contributed by atoms with Crippen LogP contribution in [0.1, 0.15) is 65.2 Å². The maximum absolute atomic E-state index is 11.4. The molecule has 1 heterocycles. The van der Waals surface area contributed by atoms with Gasteiger partial charge in [0.1, 0.15) is 6.04 Å². The van der Waals surface area contributed by atoms with E-state index in [1.807, 2.05) is 0 Å². The van der Waals surface area contributed by atoms with Crippen LogP contribution < -0.4 is 0 Å². The van der Waals surface area contributed by atoms with Crippen molar-refractivity contribution in [3.05, 3.63) is 0 Å². The third-order valence-corrected chi connectivity index (χ3v) is 3.79. The smallest absolute Gasteiger partial charge is 0.320 e. The molecule has 3 heteroatoms. The predicted octanol–water partition coefficient (Wildman–Crippen LogP) is 3.28. The molecule has 1 saturated heterocycles. The summed E-state index contributed by atoms with van der Waals surface area (Å²) < 4.78 is 0. The molecule has 0 aliphatic carbocycles. The van der Waals surface area contributed by atoms with E-state index in [1.165, 1.54) is 6.42 Å². The summed E-state index contributed by atoms with van der Waals surface area (Å²) in [5, 5.41) is 9.38. The minimum absolute atomic E-state index is 0.236. The number of nitrogens with zero attached hydrogens (tertiary/aromatic N) is 1. The lowest BCUT2D eigenvalue weighted by Crippen LogP contribution is -2.47. The zero-order valence-corrected chi connectivity index (χ0v) is 11.3. The fourth-order valence-corrected chi connectivity index (χ4v) is 2.98. The molecule has 1 fully saturated rings. The molecule has 1 aliphatic heterocycles. The molecule has 1 atom stereocenters. The molecule has 0 radical (unpaired) electrons. The van der Waals surface area contributed by atoms with Gasteiger partial charge in [-0.1, -0.05) is 39.5 Å². The number of aliphatic carboxylic acids is 1. The van der Waals surface area contributed by atoms with Crippen LogP contribution in [0.5, 0.6) is 0 Å². The second-order valence-electron chi connectivity index (χ2n) is 5.17.